The fourth-order valence-corrected chi connectivity index (χ4v) is 1.87. The molecule has 2 heterocycles. The molecule has 0 aromatic carbocycles. The van der Waals surface area contributed by atoms with Gasteiger partial charge in [0.25, 0.3) is 5.56 Å². The van der Waals surface area contributed by atoms with E-state index in [0.29, 0.717) is 11.3 Å². The predicted octanol–water partition coefficient (Wildman–Crippen LogP) is 0.569. The van der Waals surface area contributed by atoms with Gasteiger partial charge in [-0.15, -0.1) is 0 Å². The Morgan fingerprint density at radius 2 is 2.62 bits per heavy atom. The topological polar surface area (TPSA) is 58.3 Å². The minimum absolute atomic E-state index is 0.0910. The van der Waals surface area contributed by atoms with Crippen LogP contribution in [0.1, 0.15) is 5.69 Å². The van der Waals surface area contributed by atoms with Crippen LogP contribution in [0.25, 0.3) is 0 Å². The highest BCUT2D eigenvalue weighted by atomic mass is 32.2. The molecule has 0 bridgehead atoms. The summed E-state index contributed by atoms with van der Waals surface area (Å²) in [6.45, 7) is 2.65. The lowest BCUT2D eigenvalue weighted by atomic mass is 10.5. The Labute approximate surface area is 79.7 Å². The summed E-state index contributed by atoms with van der Waals surface area (Å²) in [7, 11) is 0. The van der Waals surface area contributed by atoms with Gasteiger partial charge in [0.2, 0.25) is 0 Å². The first-order valence-electron chi connectivity index (χ1n) is 4.06. The van der Waals surface area contributed by atoms with Gasteiger partial charge in [-0.25, -0.2) is 4.98 Å². The van der Waals surface area contributed by atoms with Crippen LogP contribution in [-0.4, -0.2) is 28.4 Å². The minimum atomic E-state index is -0.0910. The van der Waals surface area contributed by atoms with Crippen LogP contribution in [0.3, 0.4) is 0 Å². The molecule has 1 atom stereocenters. The van der Waals surface area contributed by atoms with Crippen molar-refractivity contribution in [1.82, 2.24) is 9.97 Å². The van der Waals surface area contributed by atoms with Gasteiger partial charge in [-0.1, -0.05) is 11.8 Å². The number of aromatic amines is 1. The quantitative estimate of drug-likeness (QED) is 0.438. The molecule has 5 heteroatoms. The van der Waals surface area contributed by atoms with Crippen molar-refractivity contribution in [3.8, 4) is 0 Å². The highest BCUT2D eigenvalue weighted by Crippen LogP contribution is 2.19. The average molecular weight is 198 g/mol. The predicted molar refractivity (Wildman–Crippen MR) is 50.1 cm³/mol. The Morgan fingerprint density at radius 3 is 3.23 bits per heavy atom. The van der Waals surface area contributed by atoms with Gasteiger partial charge in [-0.05, 0) is 6.92 Å². The summed E-state index contributed by atoms with van der Waals surface area (Å²) in [6.07, 6.45) is 0.357. The highest BCUT2D eigenvalue weighted by Gasteiger charge is 2.22. The number of hydrogen-bond acceptors (Lipinski definition) is 4. The van der Waals surface area contributed by atoms with Crippen LogP contribution in [0.15, 0.2) is 16.0 Å². The molecular weight excluding hydrogens is 188 g/mol. The van der Waals surface area contributed by atoms with Gasteiger partial charge >= 0.3 is 0 Å². The van der Waals surface area contributed by atoms with E-state index >= 15 is 0 Å². The van der Waals surface area contributed by atoms with Gasteiger partial charge in [-0.3, -0.25) is 4.79 Å². The lowest BCUT2D eigenvalue weighted by Gasteiger charge is -1.98. The molecule has 1 saturated heterocycles. The Balaban J connectivity index is 2.05. The molecule has 0 aliphatic carbocycles. The number of ether oxygens (including phenoxy) is 1. The number of thioether (sulfide) groups is 1. The summed E-state index contributed by atoms with van der Waals surface area (Å²) in [5.41, 5.74) is 0.662. The van der Waals surface area contributed by atoms with E-state index in [1.54, 1.807) is 0 Å². The van der Waals surface area contributed by atoms with Crippen LogP contribution in [0.4, 0.5) is 0 Å². The van der Waals surface area contributed by atoms with Crippen LogP contribution in [-0.2, 0) is 4.74 Å². The van der Waals surface area contributed by atoms with Crippen LogP contribution >= 0.6 is 11.8 Å². The van der Waals surface area contributed by atoms with Gasteiger partial charge in [0.15, 0.2) is 5.16 Å². The van der Waals surface area contributed by atoms with E-state index in [2.05, 4.69) is 9.97 Å². The maximum Gasteiger partial charge on any atom is 0.251 e. The fourth-order valence-electron chi connectivity index (χ4n) is 0.956. The second-order valence-electron chi connectivity index (χ2n) is 2.96. The number of epoxide rings is 1. The highest BCUT2D eigenvalue weighted by molar-refractivity contribution is 7.99. The van der Waals surface area contributed by atoms with E-state index in [0.717, 1.165) is 18.1 Å². The van der Waals surface area contributed by atoms with E-state index in [1.165, 1.54) is 17.8 Å². The zero-order valence-corrected chi connectivity index (χ0v) is 8.06. The van der Waals surface area contributed by atoms with E-state index in [-0.39, 0.29) is 5.56 Å². The van der Waals surface area contributed by atoms with Crippen molar-refractivity contribution >= 4 is 11.8 Å². The third-order valence-electron chi connectivity index (χ3n) is 1.66. The van der Waals surface area contributed by atoms with Crippen molar-refractivity contribution in [2.45, 2.75) is 18.2 Å². The van der Waals surface area contributed by atoms with Gasteiger partial charge < -0.3 is 9.72 Å². The molecular formula is C8H10N2O2S. The summed E-state index contributed by atoms with van der Waals surface area (Å²) in [5.74, 6) is 0.867. The first kappa shape index (κ1) is 8.77. The van der Waals surface area contributed by atoms with Gasteiger partial charge in [0.1, 0.15) is 0 Å². The number of aromatic nitrogens is 2. The van der Waals surface area contributed by atoms with E-state index < -0.39 is 0 Å². The maximum atomic E-state index is 11.0. The lowest BCUT2D eigenvalue weighted by molar-refractivity contribution is 0.426. The molecule has 2 rings (SSSR count). The zero-order valence-electron chi connectivity index (χ0n) is 7.24. The first-order valence-corrected chi connectivity index (χ1v) is 5.05. The van der Waals surface area contributed by atoms with Crippen LogP contribution in [0.5, 0.6) is 0 Å². The molecule has 1 aromatic rings. The molecule has 4 nitrogen and oxygen atoms in total. The maximum absolute atomic E-state index is 11.0. The van der Waals surface area contributed by atoms with E-state index in [4.69, 9.17) is 4.74 Å². The minimum Gasteiger partial charge on any atom is -0.372 e. The summed E-state index contributed by atoms with van der Waals surface area (Å²) in [4.78, 5) is 17.9. The number of aryl methyl sites for hydroxylation is 1. The van der Waals surface area contributed by atoms with Crippen molar-refractivity contribution in [3.05, 3.63) is 22.1 Å². The molecule has 0 amide bonds. The summed E-state index contributed by atoms with van der Waals surface area (Å²) < 4.78 is 5.05. The number of rotatable bonds is 3. The number of hydrogen-bond donors (Lipinski definition) is 1. The fraction of sp³-hybridized carbons (Fsp3) is 0.500. The lowest BCUT2D eigenvalue weighted by Crippen LogP contribution is -2.08. The molecule has 1 aliphatic heterocycles. The summed E-state index contributed by atoms with van der Waals surface area (Å²) in [5, 5.41) is 0.681. The molecule has 1 aromatic heterocycles. The molecule has 13 heavy (non-hydrogen) atoms. The van der Waals surface area contributed by atoms with E-state index in [9.17, 15) is 4.79 Å². The number of H-pyrrole nitrogens is 1. The molecule has 0 radical (unpaired) electrons. The molecule has 0 saturated carbocycles. The third-order valence-corrected chi connectivity index (χ3v) is 2.66. The molecule has 1 aliphatic rings. The third kappa shape index (κ3) is 2.57. The largest absolute Gasteiger partial charge is 0.372 e. The van der Waals surface area contributed by atoms with Crippen molar-refractivity contribution in [1.29, 1.82) is 0 Å². The van der Waals surface area contributed by atoms with Crippen molar-refractivity contribution in [3.63, 3.8) is 0 Å². The smallest absolute Gasteiger partial charge is 0.251 e. The Hall–Kier alpha value is -0.810. The van der Waals surface area contributed by atoms with Crippen molar-refractivity contribution in [2.24, 2.45) is 0 Å². The molecule has 0 spiro atoms. The zero-order chi connectivity index (χ0) is 9.26. The SMILES string of the molecule is Cc1cc(=O)[nH]c(SCC2CO2)n1. The number of nitrogens with one attached hydrogen (secondary N) is 1. The second kappa shape index (κ2) is 3.51. The van der Waals surface area contributed by atoms with Crippen molar-refractivity contribution < 1.29 is 4.74 Å². The Bertz CT molecular complexity index is 359. The van der Waals surface area contributed by atoms with E-state index in [1.807, 2.05) is 6.92 Å². The van der Waals surface area contributed by atoms with Gasteiger partial charge in [0.05, 0.1) is 12.7 Å². The average Bonchev–Trinajstić information content (AvgIpc) is 2.81. The second-order valence-corrected chi connectivity index (χ2v) is 3.97. The Kier molecular flexibility index (Phi) is 2.37. The Morgan fingerprint density at radius 1 is 1.85 bits per heavy atom. The number of nitrogens with zero attached hydrogens (tertiary/aromatic N) is 1. The standard InChI is InChI=1S/C8H10N2O2S/c1-5-2-7(11)10-8(9-5)13-4-6-3-12-6/h2,6H,3-4H2,1H3,(H,9,10,11). The molecule has 70 valence electrons. The van der Waals surface area contributed by atoms with Crippen LogP contribution < -0.4 is 5.56 Å². The molecule has 1 unspecified atom stereocenters. The summed E-state index contributed by atoms with van der Waals surface area (Å²) >= 11 is 1.53. The van der Waals surface area contributed by atoms with Crippen molar-refractivity contribution in [2.75, 3.05) is 12.4 Å². The molecule has 1 fully saturated rings. The molecule has 1 N–H and O–H groups in total. The van der Waals surface area contributed by atoms with Crippen LogP contribution in [0, 0.1) is 6.92 Å². The summed E-state index contributed by atoms with van der Waals surface area (Å²) in [6, 6.07) is 1.48. The van der Waals surface area contributed by atoms with Gasteiger partial charge in [-0.2, -0.15) is 0 Å². The monoisotopic (exact) mass is 198 g/mol. The normalized spacial score (nSPS) is 20.2. The first-order chi connectivity index (χ1) is 6.24. The van der Waals surface area contributed by atoms with Gasteiger partial charge in [0, 0.05) is 17.5 Å². The van der Waals surface area contributed by atoms with Crippen LogP contribution in [0.2, 0.25) is 0 Å².